The van der Waals surface area contributed by atoms with Gasteiger partial charge in [0, 0.05) is 10.6 Å². The summed E-state index contributed by atoms with van der Waals surface area (Å²) in [7, 11) is 1.68. The van der Waals surface area contributed by atoms with Gasteiger partial charge in [0.05, 0.1) is 13.7 Å². The second-order valence-electron chi connectivity index (χ2n) is 4.56. The number of thiazole rings is 1. The Kier molecular flexibility index (Phi) is 4.47. The van der Waals surface area contributed by atoms with Gasteiger partial charge in [0.2, 0.25) is 0 Å². The molecule has 1 aliphatic rings. The Labute approximate surface area is 127 Å². The zero-order valence-electron chi connectivity index (χ0n) is 10.8. The largest absolute Gasteiger partial charge is 0.497 e. The van der Waals surface area contributed by atoms with Gasteiger partial charge in [0.1, 0.15) is 5.75 Å². The van der Waals surface area contributed by atoms with Gasteiger partial charge in [0.25, 0.3) is 0 Å². The topological polar surface area (TPSA) is 38.0 Å². The maximum Gasteiger partial charge on any atom is 0.182 e. The smallest absolute Gasteiger partial charge is 0.182 e. The number of fused-ring (bicyclic) bond motifs is 1. The van der Waals surface area contributed by atoms with Crippen molar-refractivity contribution >= 4 is 28.3 Å². The number of methoxy groups -OCH3 is 1. The number of rotatable bonds is 3. The molecule has 3 nitrogen and oxygen atoms in total. The van der Waals surface area contributed by atoms with E-state index in [9.17, 15) is 0 Å². The Morgan fingerprint density at radius 2 is 2.00 bits per heavy atom. The molecule has 3 rings (SSSR count). The number of halogens is 1. The average Bonchev–Trinajstić information content (AvgIpc) is 2.94. The molecule has 0 amide bonds. The lowest BCUT2D eigenvalue weighted by molar-refractivity contribution is 0.414. The highest BCUT2D eigenvalue weighted by molar-refractivity contribution is 8.93. The number of hydrogen-bond donors (Lipinski definition) is 1. The second kappa shape index (κ2) is 5.92. The molecule has 1 aromatic carbocycles. The van der Waals surface area contributed by atoms with Crippen molar-refractivity contribution in [2.45, 2.75) is 25.8 Å². The van der Waals surface area contributed by atoms with Crippen LogP contribution < -0.4 is 9.54 Å². The molecule has 0 aliphatic heterocycles. The number of hydrogen-bond acceptors (Lipinski definition) is 3. The molecule has 0 saturated carbocycles. The SMILES string of the molecule is Br.COc1ccc(Cn2c3c(sc2=N)CCC3)cc1. The summed E-state index contributed by atoms with van der Waals surface area (Å²) in [5.41, 5.74) is 2.60. The lowest BCUT2D eigenvalue weighted by Gasteiger charge is -2.07. The fraction of sp³-hybridized carbons (Fsp3) is 0.357. The van der Waals surface area contributed by atoms with Crippen molar-refractivity contribution < 1.29 is 4.74 Å². The van der Waals surface area contributed by atoms with E-state index in [-0.39, 0.29) is 17.0 Å². The Bertz CT molecular complexity index is 615. The van der Waals surface area contributed by atoms with Gasteiger partial charge in [-0.3, -0.25) is 5.41 Å². The monoisotopic (exact) mass is 340 g/mol. The van der Waals surface area contributed by atoms with E-state index >= 15 is 0 Å². The maximum atomic E-state index is 8.05. The molecule has 1 aliphatic carbocycles. The van der Waals surface area contributed by atoms with Gasteiger partial charge >= 0.3 is 0 Å². The lowest BCUT2D eigenvalue weighted by atomic mass is 10.2. The third-order valence-electron chi connectivity index (χ3n) is 3.43. The number of aromatic nitrogens is 1. The summed E-state index contributed by atoms with van der Waals surface area (Å²) in [4.78, 5) is 2.09. The highest BCUT2D eigenvalue weighted by Crippen LogP contribution is 2.25. The van der Waals surface area contributed by atoms with E-state index in [0.717, 1.165) is 25.1 Å². The minimum absolute atomic E-state index is 0. The summed E-state index contributed by atoms with van der Waals surface area (Å²) in [5, 5.41) is 8.05. The summed E-state index contributed by atoms with van der Waals surface area (Å²) in [6, 6.07) is 8.10. The molecule has 0 bridgehead atoms. The number of ether oxygens (including phenoxy) is 1. The molecule has 19 heavy (non-hydrogen) atoms. The van der Waals surface area contributed by atoms with Gasteiger partial charge in [0.15, 0.2) is 4.80 Å². The van der Waals surface area contributed by atoms with Crippen molar-refractivity contribution in [3.05, 3.63) is 45.2 Å². The van der Waals surface area contributed by atoms with E-state index in [4.69, 9.17) is 10.1 Å². The summed E-state index contributed by atoms with van der Waals surface area (Å²) < 4.78 is 7.31. The van der Waals surface area contributed by atoms with Crippen molar-refractivity contribution in [1.29, 1.82) is 5.41 Å². The van der Waals surface area contributed by atoms with Gasteiger partial charge in [-0.25, -0.2) is 0 Å². The first kappa shape index (κ1) is 14.3. The normalized spacial score (nSPS) is 12.9. The number of aryl methyl sites for hydroxylation is 1. The van der Waals surface area contributed by atoms with E-state index < -0.39 is 0 Å². The number of nitrogens with one attached hydrogen (secondary N) is 1. The maximum absolute atomic E-state index is 8.05. The van der Waals surface area contributed by atoms with Crippen LogP contribution in [0.1, 0.15) is 22.6 Å². The molecule has 0 saturated heterocycles. The Morgan fingerprint density at radius 3 is 2.68 bits per heavy atom. The third kappa shape index (κ3) is 2.77. The van der Waals surface area contributed by atoms with Crippen molar-refractivity contribution in [3.63, 3.8) is 0 Å². The van der Waals surface area contributed by atoms with E-state index in [1.807, 2.05) is 12.1 Å². The van der Waals surface area contributed by atoms with Crippen LogP contribution in [0.25, 0.3) is 0 Å². The molecule has 0 fully saturated rings. The van der Waals surface area contributed by atoms with E-state index in [2.05, 4.69) is 16.7 Å². The van der Waals surface area contributed by atoms with Crippen LogP contribution in [0.3, 0.4) is 0 Å². The molecule has 0 radical (unpaired) electrons. The van der Waals surface area contributed by atoms with Crippen LogP contribution in [0.4, 0.5) is 0 Å². The third-order valence-corrected chi connectivity index (χ3v) is 4.53. The zero-order valence-corrected chi connectivity index (χ0v) is 13.3. The minimum Gasteiger partial charge on any atom is -0.497 e. The Morgan fingerprint density at radius 1 is 1.26 bits per heavy atom. The molecule has 1 heterocycles. The second-order valence-corrected chi connectivity index (χ2v) is 5.65. The first-order valence-electron chi connectivity index (χ1n) is 6.17. The van der Waals surface area contributed by atoms with Crippen LogP contribution in [0, 0.1) is 5.41 Å². The molecule has 0 atom stereocenters. The molecule has 1 N–H and O–H groups in total. The van der Waals surface area contributed by atoms with Gasteiger partial charge < -0.3 is 9.30 Å². The van der Waals surface area contributed by atoms with Crippen molar-refractivity contribution in [3.8, 4) is 5.75 Å². The summed E-state index contributed by atoms with van der Waals surface area (Å²) in [5.74, 6) is 0.880. The van der Waals surface area contributed by atoms with Gasteiger partial charge in [-0.05, 0) is 37.0 Å². The van der Waals surface area contributed by atoms with Crippen LogP contribution >= 0.6 is 28.3 Å². The predicted octanol–water partition coefficient (Wildman–Crippen LogP) is 3.15. The first-order valence-corrected chi connectivity index (χ1v) is 6.98. The molecule has 102 valence electrons. The number of nitrogens with zero attached hydrogens (tertiary/aromatic N) is 1. The molecule has 2 aromatic rings. The van der Waals surface area contributed by atoms with Crippen molar-refractivity contribution in [1.82, 2.24) is 4.57 Å². The molecule has 1 aromatic heterocycles. The van der Waals surface area contributed by atoms with Crippen molar-refractivity contribution in [2.75, 3.05) is 7.11 Å². The fourth-order valence-corrected chi connectivity index (χ4v) is 3.57. The fourth-order valence-electron chi connectivity index (χ4n) is 2.47. The molecule has 5 heteroatoms. The Hall–Kier alpha value is -1.07. The minimum atomic E-state index is 0. The standard InChI is InChI=1S/C14H16N2OS.BrH/c1-17-11-7-5-10(6-8-11)9-16-12-3-2-4-13(12)18-14(16)15;/h5-8,15H,2-4,9H2,1H3;1H. The molecular weight excluding hydrogens is 324 g/mol. The average molecular weight is 341 g/mol. The van der Waals surface area contributed by atoms with E-state index in [1.165, 1.54) is 22.6 Å². The van der Waals surface area contributed by atoms with E-state index in [1.54, 1.807) is 18.4 Å². The molecular formula is C14H17BrN2OS. The predicted molar refractivity (Wildman–Crippen MR) is 82.6 cm³/mol. The quantitative estimate of drug-likeness (QED) is 0.915. The zero-order chi connectivity index (χ0) is 12.5. The lowest BCUT2D eigenvalue weighted by Crippen LogP contribution is -2.16. The highest BCUT2D eigenvalue weighted by Gasteiger charge is 2.18. The van der Waals surface area contributed by atoms with Crippen LogP contribution in [0.5, 0.6) is 5.75 Å². The summed E-state index contributed by atoms with van der Waals surface area (Å²) in [6.45, 7) is 0.800. The van der Waals surface area contributed by atoms with Crippen LogP contribution in [-0.2, 0) is 19.4 Å². The van der Waals surface area contributed by atoms with E-state index in [0.29, 0.717) is 4.80 Å². The van der Waals surface area contributed by atoms with Gasteiger partial charge in [-0.2, -0.15) is 0 Å². The molecule has 0 unspecified atom stereocenters. The first-order chi connectivity index (χ1) is 8.78. The van der Waals surface area contributed by atoms with Gasteiger partial charge in [-0.1, -0.05) is 12.1 Å². The van der Waals surface area contributed by atoms with Crippen LogP contribution in [0.15, 0.2) is 24.3 Å². The summed E-state index contributed by atoms with van der Waals surface area (Å²) in [6.07, 6.45) is 3.52. The van der Waals surface area contributed by atoms with Gasteiger partial charge in [-0.15, -0.1) is 28.3 Å². The Balaban J connectivity index is 0.00000133. The number of benzene rings is 1. The van der Waals surface area contributed by atoms with Crippen LogP contribution in [0.2, 0.25) is 0 Å². The van der Waals surface area contributed by atoms with Crippen molar-refractivity contribution in [2.24, 2.45) is 0 Å². The highest BCUT2D eigenvalue weighted by atomic mass is 79.9. The molecule has 0 spiro atoms. The van der Waals surface area contributed by atoms with Crippen LogP contribution in [-0.4, -0.2) is 11.7 Å². The summed E-state index contributed by atoms with van der Waals surface area (Å²) >= 11 is 1.64.